The lowest BCUT2D eigenvalue weighted by molar-refractivity contribution is 0.629. The molecule has 0 saturated heterocycles. The highest BCUT2D eigenvalue weighted by Gasteiger charge is 2.20. The van der Waals surface area contributed by atoms with Gasteiger partial charge in [0.25, 0.3) is 5.56 Å². The number of rotatable bonds is 3. The standard InChI is InChI=1S/C26H15BrFN5O/c27-17-10-12-18(13-11-17)32-24(19-6-2-3-7-21(19)28)31-25-20(26(32)34)15-29-33(25)23-14-9-16-5-1-4-8-22(16)30-23/h1-15H. The SMILES string of the molecule is O=c1c2cnn(-c3ccc4ccccc4n3)c2nc(-c2ccccc2F)n1-c1ccc(Br)cc1. The van der Waals surface area contributed by atoms with Crippen LogP contribution in [0.4, 0.5) is 4.39 Å². The second-order valence-electron chi connectivity index (χ2n) is 7.69. The second-order valence-corrected chi connectivity index (χ2v) is 8.60. The van der Waals surface area contributed by atoms with Crippen molar-refractivity contribution in [1.82, 2.24) is 24.3 Å². The molecule has 0 aliphatic rings. The fraction of sp³-hybridized carbons (Fsp3) is 0. The Morgan fingerprint density at radius 2 is 1.59 bits per heavy atom. The van der Waals surface area contributed by atoms with Gasteiger partial charge in [0.1, 0.15) is 11.2 Å². The average Bonchev–Trinajstić information content (AvgIpc) is 3.29. The summed E-state index contributed by atoms with van der Waals surface area (Å²) in [5, 5.41) is 5.71. The maximum absolute atomic E-state index is 14.9. The van der Waals surface area contributed by atoms with Crippen LogP contribution in [-0.4, -0.2) is 24.3 Å². The molecule has 0 fully saturated rings. The van der Waals surface area contributed by atoms with Gasteiger partial charge in [0.15, 0.2) is 17.3 Å². The van der Waals surface area contributed by atoms with Crippen LogP contribution < -0.4 is 5.56 Å². The highest BCUT2D eigenvalue weighted by molar-refractivity contribution is 9.10. The highest BCUT2D eigenvalue weighted by atomic mass is 79.9. The molecule has 3 heterocycles. The van der Waals surface area contributed by atoms with Crippen molar-refractivity contribution in [2.45, 2.75) is 0 Å². The van der Waals surface area contributed by atoms with Crippen molar-refractivity contribution >= 4 is 37.9 Å². The molecule has 0 amide bonds. The zero-order chi connectivity index (χ0) is 23.2. The summed E-state index contributed by atoms with van der Waals surface area (Å²) in [5.74, 6) is 0.219. The molecule has 6 rings (SSSR count). The maximum atomic E-state index is 14.9. The lowest BCUT2D eigenvalue weighted by Crippen LogP contribution is -2.22. The molecule has 164 valence electrons. The van der Waals surface area contributed by atoms with E-state index in [0.29, 0.717) is 22.5 Å². The first kappa shape index (κ1) is 20.4. The van der Waals surface area contributed by atoms with E-state index < -0.39 is 5.82 Å². The van der Waals surface area contributed by atoms with Crippen molar-refractivity contribution in [2.24, 2.45) is 0 Å². The van der Waals surface area contributed by atoms with E-state index >= 15 is 0 Å². The van der Waals surface area contributed by atoms with Gasteiger partial charge in [-0.05, 0) is 54.6 Å². The summed E-state index contributed by atoms with van der Waals surface area (Å²) in [6.07, 6.45) is 1.47. The summed E-state index contributed by atoms with van der Waals surface area (Å²) >= 11 is 3.41. The van der Waals surface area contributed by atoms with Crippen LogP contribution in [0.3, 0.4) is 0 Å². The molecule has 0 unspecified atom stereocenters. The van der Waals surface area contributed by atoms with Crippen molar-refractivity contribution in [2.75, 3.05) is 0 Å². The Balaban J connectivity index is 1.67. The van der Waals surface area contributed by atoms with Gasteiger partial charge in [-0.15, -0.1) is 0 Å². The molecule has 3 aromatic heterocycles. The van der Waals surface area contributed by atoms with Gasteiger partial charge >= 0.3 is 0 Å². The van der Waals surface area contributed by atoms with Crippen LogP contribution >= 0.6 is 15.9 Å². The number of fused-ring (bicyclic) bond motifs is 2. The monoisotopic (exact) mass is 511 g/mol. The normalized spacial score (nSPS) is 11.4. The third kappa shape index (κ3) is 3.31. The van der Waals surface area contributed by atoms with Crippen LogP contribution in [0, 0.1) is 5.82 Å². The predicted molar refractivity (Wildman–Crippen MR) is 133 cm³/mol. The molecule has 8 heteroatoms. The molecule has 0 radical (unpaired) electrons. The van der Waals surface area contributed by atoms with E-state index in [2.05, 4.69) is 26.0 Å². The van der Waals surface area contributed by atoms with Crippen molar-refractivity contribution < 1.29 is 4.39 Å². The van der Waals surface area contributed by atoms with Gasteiger partial charge in [-0.3, -0.25) is 9.36 Å². The zero-order valence-electron chi connectivity index (χ0n) is 17.6. The molecule has 0 bridgehead atoms. The molecule has 34 heavy (non-hydrogen) atoms. The fourth-order valence-corrected chi connectivity index (χ4v) is 4.23. The molecular formula is C26H15BrFN5O. The van der Waals surface area contributed by atoms with Crippen LogP contribution in [0.15, 0.2) is 100 Å². The Bertz CT molecular complexity index is 1760. The first-order valence-electron chi connectivity index (χ1n) is 10.5. The van der Waals surface area contributed by atoms with Crippen molar-refractivity contribution in [1.29, 1.82) is 0 Å². The number of halogens is 2. The third-order valence-corrected chi connectivity index (χ3v) is 6.13. The number of aromatic nitrogens is 5. The van der Waals surface area contributed by atoms with Gasteiger partial charge in [0, 0.05) is 9.86 Å². The molecule has 3 aromatic carbocycles. The van der Waals surface area contributed by atoms with Crippen molar-refractivity contribution in [3.8, 4) is 22.9 Å². The van der Waals surface area contributed by atoms with E-state index in [1.807, 2.05) is 48.5 Å². The minimum atomic E-state index is -0.477. The summed E-state index contributed by atoms with van der Waals surface area (Å²) in [6.45, 7) is 0. The average molecular weight is 512 g/mol. The largest absolute Gasteiger partial charge is 0.269 e. The predicted octanol–water partition coefficient (Wildman–Crippen LogP) is 5.69. The molecule has 0 atom stereocenters. The number of para-hydroxylation sites is 1. The van der Waals surface area contributed by atoms with E-state index in [1.54, 1.807) is 30.3 Å². The van der Waals surface area contributed by atoms with Crippen molar-refractivity contribution in [3.63, 3.8) is 0 Å². The maximum Gasteiger partial charge on any atom is 0.269 e. The Labute approximate surface area is 201 Å². The van der Waals surface area contributed by atoms with E-state index in [4.69, 9.17) is 4.98 Å². The van der Waals surface area contributed by atoms with Crippen LogP contribution in [0.5, 0.6) is 0 Å². The molecule has 0 spiro atoms. The number of nitrogens with zero attached hydrogens (tertiary/aromatic N) is 5. The molecule has 6 aromatic rings. The number of hydrogen-bond donors (Lipinski definition) is 0. The third-order valence-electron chi connectivity index (χ3n) is 5.60. The van der Waals surface area contributed by atoms with Gasteiger partial charge in [-0.25, -0.2) is 14.4 Å². The van der Waals surface area contributed by atoms with E-state index in [1.165, 1.54) is 21.5 Å². The van der Waals surface area contributed by atoms with Gasteiger partial charge in [0.2, 0.25) is 0 Å². The summed E-state index contributed by atoms with van der Waals surface area (Å²) in [4.78, 5) is 23.1. The first-order valence-corrected chi connectivity index (χ1v) is 11.3. The molecule has 0 saturated carbocycles. The fourth-order valence-electron chi connectivity index (χ4n) is 3.96. The number of pyridine rings is 1. The Morgan fingerprint density at radius 3 is 2.41 bits per heavy atom. The highest BCUT2D eigenvalue weighted by Crippen LogP contribution is 2.26. The van der Waals surface area contributed by atoms with Crippen LogP contribution in [-0.2, 0) is 0 Å². The summed E-state index contributed by atoms with van der Waals surface area (Å²) in [7, 11) is 0. The number of benzene rings is 3. The van der Waals surface area contributed by atoms with Crippen LogP contribution in [0.1, 0.15) is 0 Å². The Morgan fingerprint density at radius 1 is 0.824 bits per heavy atom. The quantitative estimate of drug-likeness (QED) is 0.306. The summed E-state index contributed by atoms with van der Waals surface area (Å²) < 4.78 is 18.7. The number of hydrogen-bond acceptors (Lipinski definition) is 4. The smallest absolute Gasteiger partial charge is 0.268 e. The van der Waals surface area contributed by atoms with E-state index in [0.717, 1.165) is 15.4 Å². The molecule has 6 nitrogen and oxygen atoms in total. The second kappa shape index (κ2) is 8.00. The van der Waals surface area contributed by atoms with Gasteiger partial charge < -0.3 is 0 Å². The van der Waals surface area contributed by atoms with E-state index in [9.17, 15) is 9.18 Å². The van der Waals surface area contributed by atoms with Crippen molar-refractivity contribution in [3.05, 3.63) is 112 Å². The van der Waals surface area contributed by atoms with Gasteiger partial charge in [-0.1, -0.05) is 46.3 Å². The molecule has 0 aliphatic heterocycles. The Hall–Kier alpha value is -4.17. The van der Waals surface area contributed by atoms with Gasteiger partial charge in [0.05, 0.1) is 23.0 Å². The van der Waals surface area contributed by atoms with Crippen LogP contribution in [0.2, 0.25) is 0 Å². The minimum Gasteiger partial charge on any atom is -0.268 e. The Kier molecular flexibility index (Phi) is 4.81. The topological polar surface area (TPSA) is 65.6 Å². The van der Waals surface area contributed by atoms with Crippen LogP contribution in [0.25, 0.3) is 44.8 Å². The minimum absolute atomic E-state index is 0.181. The zero-order valence-corrected chi connectivity index (χ0v) is 19.1. The lowest BCUT2D eigenvalue weighted by atomic mass is 10.1. The molecule has 0 N–H and O–H groups in total. The lowest BCUT2D eigenvalue weighted by Gasteiger charge is -2.14. The van der Waals surface area contributed by atoms with Gasteiger partial charge in [-0.2, -0.15) is 9.78 Å². The molecule has 0 aliphatic carbocycles. The van der Waals surface area contributed by atoms with E-state index in [-0.39, 0.29) is 16.9 Å². The summed E-state index contributed by atoms with van der Waals surface area (Å²) in [5.41, 5.74) is 1.53. The summed E-state index contributed by atoms with van der Waals surface area (Å²) in [6, 6.07) is 24.9. The first-order chi connectivity index (χ1) is 16.6. The molecular weight excluding hydrogens is 497 g/mol.